The van der Waals surface area contributed by atoms with Gasteiger partial charge < -0.3 is 10.2 Å². The molecule has 1 atom stereocenters. The van der Waals surface area contributed by atoms with Crippen molar-refractivity contribution in [2.45, 2.75) is 17.9 Å². The van der Waals surface area contributed by atoms with E-state index in [1.165, 1.54) is 16.4 Å². The molecule has 1 aromatic carbocycles. The zero-order valence-corrected chi connectivity index (χ0v) is 16.7. The smallest absolute Gasteiger partial charge is 0.275 e. The standard InChI is InChI=1S/C18H22FN3O3S2/c1-14(17-3-2-12-26-17)20-18(23)13-21-8-10-22(11-9-21)27(24,25)16-6-4-15(19)5-7-16/h2-7,12,14H,8-11,13H2,1H3,(H,20,23)/p+1/t14-/m0/s1. The Morgan fingerprint density at radius 3 is 2.52 bits per heavy atom. The summed E-state index contributed by atoms with van der Waals surface area (Å²) in [6, 6.07) is 8.76. The molecular formula is C18H23FN3O3S2+. The molecule has 1 amide bonds. The molecule has 2 heterocycles. The third-order valence-electron chi connectivity index (χ3n) is 4.64. The van der Waals surface area contributed by atoms with Gasteiger partial charge in [-0.3, -0.25) is 4.79 Å². The normalized spacial score (nSPS) is 17.6. The summed E-state index contributed by atoms with van der Waals surface area (Å²) in [5.74, 6) is -0.508. The third-order valence-corrected chi connectivity index (χ3v) is 7.61. The van der Waals surface area contributed by atoms with Gasteiger partial charge >= 0.3 is 0 Å². The molecule has 2 aromatic rings. The largest absolute Gasteiger partial charge is 0.344 e. The van der Waals surface area contributed by atoms with Crippen molar-refractivity contribution in [1.29, 1.82) is 0 Å². The summed E-state index contributed by atoms with van der Waals surface area (Å²) in [6.45, 7) is 4.06. The molecule has 3 rings (SSSR count). The Hall–Kier alpha value is -1.81. The van der Waals surface area contributed by atoms with Crippen molar-refractivity contribution in [3.05, 3.63) is 52.5 Å². The van der Waals surface area contributed by atoms with Crippen LogP contribution in [0.25, 0.3) is 0 Å². The molecule has 1 aliphatic heterocycles. The maximum atomic E-state index is 13.0. The summed E-state index contributed by atoms with van der Waals surface area (Å²) in [6.07, 6.45) is 0. The number of benzene rings is 1. The number of hydrogen-bond acceptors (Lipinski definition) is 4. The second kappa shape index (κ2) is 8.47. The van der Waals surface area contributed by atoms with E-state index >= 15 is 0 Å². The van der Waals surface area contributed by atoms with Crippen molar-refractivity contribution < 1.29 is 22.5 Å². The fourth-order valence-electron chi connectivity index (χ4n) is 3.10. The van der Waals surface area contributed by atoms with Gasteiger partial charge in [-0.15, -0.1) is 11.3 Å². The highest BCUT2D eigenvalue weighted by Gasteiger charge is 2.31. The van der Waals surface area contributed by atoms with E-state index in [-0.39, 0.29) is 16.8 Å². The second-order valence-electron chi connectivity index (χ2n) is 6.59. The number of halogens is 1. The van der Waals surface area contributed by atoms with Gasteiger partial charge in [0.2, 0.25) is 10.0 Å². The molecule has 1 saturated heterocycles. The van der Waals surface area contributed by atoms with Crippen LogP contribution in [0.1, 0.15) is 17.8 Å². The quantitative estimate of drug-likeness (QED) is 0.732. The van der Waals surface area contributed by atoms with Crippen LogP contribution in [-0.4, -0.2) is 51.4 Å². The topological polar surface area (TPSA) is 70.9 Å². The van der Waals surface area contributed by atoms with Crippen molar-refractivity contribution >= 4 is 27.3 Å². The van der Waals surface area contributed by atoms with Gasteiger partial charge in [0.25, 0.3) is 5.91 Å². The van der Waals surface area contributed by atoms with E-state index in [2.05, 4.69) is 5.32 Å². The van der Waals surface area contributed by atoms with Gasteiger partial charge in [0.05, 0.1) is 37.1 Å². The van der Waals surface area contributed by atoms with E-state index < -0.39 is 15.8 Å². The van der Waals surface area contributed by atoms with Gasteiger partial charge in [-0.05, 0) is 42.6 Å². The second-order valence-corrected chi connectivity index (χ2v) is 9.51. The molecule has 0 bridgehead atoms. The van der Waals surface area contributed by atoms with Crippen LogP contribution in [0.3, 0.4) is 0 Å². The number of hydrogen-bond donors (Lipinski definition) is 2. The van der Waals surface area contributed by atoms with Crippen LogP contribution in [-0.2, 0) is 14.8 Å². The Morgan fingerprint density at radius 2 is 1.93 bits per heavy atom. The summed E-state index contributed by atoms with van der Waals surface area (Å²) in [5, 5.41) is 4.96. The average molecular weight is 413 g/mol. The number of nitrogens with zero attached hydrogens (tertiary/aromatic N) is 1. The maximum Gasteiger partial charge on any atom is 0.275 e. The molecule has 27 heavy (non-hydrogen) atoms. The number of nitrogens with one attached hydrogen (secondary N) is 2. The molecule has 1 fully saturated rings. The number of carbonyl (C=O) groups is 1. The number of thiophene rings is 1. The van der Waals surface area contributed by atoms with Gasteiger partial charge in [-0.2, -0.15) is 4.31 Å². The fraction of sp³-hybridized carbons (Fsp3) is 0.389. The molecule has 0 aliphatic carbocycles. The first-order valence-electron chi connectivity index (χ1n) is 8.78. The van der Waals surface area contributed by atoms with Crippen molar-refractivity contribution in [1.82, 2.24) is 9.62 Å². The molecule has 0 spiro atoms. The van der Waals surface area contributed by atoms with E-state index in [1.807, 2.05) is 24.4 Å². The van der Waals surface area contributed by atoms with E-state index in [9.17, 15) is 17.6 Å². The first-order valence-corrected chi connectivity index (χ1v) is 11.1. The summed E-state index contributed by atoms with van der Waals surface area (Å²) in [4.78, 5) is 14.5. The lowest BCUT2D eigenvalue weighted by Gasteiger charge is -2.31. The molecule has 0 unspecified atom stereocenters. The number of rotatable bonds is 6. The van der Waals surface area contributed by atoms with Crippen LogP contribution in [0.4, 0.5) is 4.39 Å². The van der Waals surface area contributed by atoms with Crippen LogP contribution in [0.2, 0.25) is 0 Å². The first kappa shape index (κ1) is 19.9. The van der Waals surface area contributed by atoms with Crippen LogP contribution in [0.5, 0.6) is 0 Å². The Kier molecular flexibility index (Phi) is 6.25. The maximum absolute atomic E-state index is 13.0. The summed E-state index contributed by atoms with van der Waals surface area (Å²) < 4.78 is 39.7. The summed E-state index contributed by atoms with van der Waals surface area (Å²) >= 11 is 1.60. The molecule has 0 radical (unpaired) electrons. The SMILES string of the molecule is C[C@H](NC(=O)C[NH+]1CCN(S(=O)(=O)c2ccc(F)cc2)CC1)c1cccs1. The van der Waals surface area contributed by atoms with E-state index in [1.54, 1.807) is 11.3 Å². The monoisotopic (exact) mass is 412 g/mol. The molecule has 146 valence electrons. The molecule has 1 aromatic heterocycles. The number of piperazine rings is 1. The van der Waals surface area contributed by atoms with Gasteiger partial charge in [0.15, 0.2) is 6.54 Å². The van der Waals surface area contributed by atoms with Crippen molar-refractivity contribution in [3.8, 4) is 0 Å². The zero-order valence-electron chi connectivity index (χ0n) is 15.0. The minimum Gasteiger partial charge on any atom is -0.344 e. The first-order chi connectivity index (χ1) is 12.9. The highest BCUT2D eigenvalue weighted by molar-refractivity contribution is 7.89. The molecule has 2 N–H and O–H groups in total. The average Bonchev–Trinajstić information content (AvgIpc) is 3.17. The van der Waals surface area contributed by atoms with Crippen LogP contribution in [0, 0.1) is 5.82 Å². The minimum atomic E-state index is -3.63. The van der Waals surface area contributed by atoms with E-state index in [0.29, 0.717) is 32.7 Å². The Labute approximate surface area is 162 Å². The highest BCUT2D eigenvalue weighted by Crippen LogP contribution is 2.18. The Bertz CT molecular complexity index is 862. The van der Waals surface area contributed by atoms with Crippen molar-refractivity contribution in [3.63, 3.8) is 0 Å². The molecule has 9 heteroatoms. The predicted octanol–water partition coefficient (Wildman–Crippen LogP) is 0.654. The predicted molar refractivity (Wildman–Crippen MR) is 102 cm³/mol. The molecular weight excluding hydrogens is 389 g/mol. The highest BCUT2D eigenvalue weighted by atomic mass is 32.2. The summed E-state index contributed by atoms with van der Waals surface area (Å²) in [7, 11) is -3.63. The van der Waals surface area contributed by atoms with Crippen LogP contribution >= 0.6 is 11.3 Å². The number of carbonyl (C=O) groups excluding carboxylic acids is 1. The van der Waals surface area contributed by atoms with Crippen molar-refractivity contribution in [2.75, 3.05) is 32.7 Å². The lowest BCUT2D eigenvalue weighted by atomic mass is 10.2. The lowest BCUT2D eigenvalue weighted by molar-refractivity contribution is -0.895. The minimum absolute atomic E-state index is 0.0305. The summed E-state index contributed by atoms with van der Waals surface area (Å²) in [5.41, 5.74) is 0. The van der Waals surface area contributed by atoms with Gasteiger partial charge in [-0.1, -0.05) is 6.07 Å². The van der Waals surface area contributed by atoms with Crippen LogP contribution < -0.4 is 10.2 Å². The fourth-order valence-corrected chi connectivity index (χ4v) is 5.28. The lowest BCUT2D eigenvalue weighted by Crippen LogP contribution is -3.15. The number of quaternary nitrogens is 1. The third kappa shape index (κ3) is 4.92. The van der Waals surface area contributed by atoms with E-state index in [0.717, 1.165) is 21.9 Å². The zero-order chi connectivity index (χ0) is 19.4. The van der Waals surface area contributed by atoms with Gasteiger partial charge in [0.1, 0.15) is 5.82 Å². The molecule has 1 aliphatic rings. The number of amides is 1. The van der Waals surface area contributed by atoms with Crippen LogP contribution in [0.15, 0.2) is 46.7 Å². The Balaban J connectivity index is 1.51. The van der Waals surface area contributed by atoms with Gasteiger partial charge in [-0.25, -0.2) is 12.8 Å². The van der Waals surface area contributed by atoms with Crippen molar-refractivity contribution in [2.24, 2.45) is 0 Å². The number of sulfonamides is 1. The van der Waals surface area contributed by atoms with Gasteiger partial charge in [0, 0.05) is 4.88 Å². The van der Waals surface area contributed by atoms with E-state index in [4.69, 9.17) is 0 Å². The molecule has 6 nitrogen and oxygen atoms in total. The molecule has 0 saturated carbocycles. The Morgan fingerprint density at radius 1 is 1.26 bits per heavy atom.